The maximum Gasteiger partial charge on any atom is 0.134 e. The smallest absolute Gasteiger partial charge is 0.134 e. The number of rotatable bonds is 4. The third kappa shape index (κ3) is 3.28. The lowest BCUT2D eigenvalue weighted by atomic mass is 10.1. The fraction of sp³-hybridized carbons (Fsp3) is 0.333. The predicted octanol–water partition coefficient (Wildman–Crippen LogP) is 4.61. The average Bonchev–Trinajstić information content (AvgIpc) is 3.21. The maximum atomic E-state index is 6.07. The van der Waals surface area contributed by atoms with E-state index in [4.69, 9.17) is 11.6 Å². The summed E-state index contributed by atoms with van der Waals surface area (Å²) >= 11 is 7.80. The lowest BCUT2D eigenvalue weighted by Gasteiger charge is -2.06. The molecule has 1 fully saturated rings. The van der Waals surface area contributed by atoms with Crippen LogP contribution in [0, 0.1) is 6.92 Å². The van der Waals surface area contributed by atoms with E-state index < -0.39 is 0 Å². The van der Waals surface area contributed by atoms with E-state index in [0.29, 0.717) is 11.1 Å². The van der Waals surface area contributed by atoms with Crippen LogP contribution in [0.2, 0.25) is 5.15 Å². The molecular weight excluding hydrogens is 276 g/mol. The van der Waals surface area contributed by atoms with Gasteiger partial charge in [0, 0.05) is 17.7 Å². The van der Waals surface area contributed by atoms with Gasteiger partial charge in [0.15, 0.2) is 0 Å². The predicted molar refractivity (Wildman–Crippen MR) is 79.8 cm³/mol. The lowest BCUT2D eigenvalue weighted by Crippen LogP contribution is -1.95. The summed E-state index contributed by atoms with van der Waals surface area (Å²) in [5.41, 5.74) is 2.66. The summed E-state index contributed by atoms with van der Waals surface area (Å²) in [7, 11) is 0. The Hall–Kier alpha value is -1.06. The van der Waals surface area contributed by atoms with Gasteiger partial charge < -0.3 is 0 Å². The molecule has 0 aliphatic heterocycles. The van der Waals surface area contributed by atoms with Crippen molar-refractivity contribution in [2.24, 2.45) is 0 Å². The second-order valence-corrected chi connectivity index (χ2v) is 6.26. The number of aromatic nitrogens is 2. The number of nitrogens with zero attached hydrogens (tertiary/aromatic N) is 2. The van der Waals surface area contributed by atoms with E-state index >= 15 is 0 Å². The molecule has 98 valence electrons. The average molecular weight is 291 g/mol. The van der Waals surface area contributed by atoms with E-state index in [1.54, 1.807) is 11.8 Å². The molecular formula is C15H15ClN2S. The molecule has 2 aromatic rings. The number of hydrogen-bond acceptors (Lipinski definition) is 3. The second-order valence-electron chi connectivity index (χ2n) is 4.88. The molecule has 0 N–H and O–H groups in total. The van der Waals surface area contributed by atoms with Crippen LogP contribution in [-0.2, 0) is 5.75 Å². The molecule has 0 amide bonds. The highest BCUT2D eigenvalue weighted by Gasteiger charge is 2.27. The molecule has 19 heavy (non-hydrogen) atoms. The van der Waals surface area contributed by atoms with E-state index in [1.807, 2.05) is 6.07 Å². The summed E-state index contributed by atoms with van der Waals surface area (Å²) in [6, 6.07) is 10.3. The molecule has 3 rings (SSSR count). The third-order valence-corrected chi connectivity index (χ3v) is 4.42. The standard InChI is InChI=1S/C15H15ClN2S/c1-10-4-2-3-5-12(10)9-19-14-8-13(16)17-15(18-14)11-6-7-11/h2-5,8,11H,6-7,9H2,1H3. The van der Waals surface area contributed by atoms with Crippen molar-refractivity contribution in [3.05, 3.63) is 52.4 Å². The Balaban J connectivity index is 1.74. The van der Waals surface area contributed by atoms with E-state index in [2.05, 4.69) is 41.2 Å². The van der Waals surface area contributed by atoms with Gasteiger partial charge in [0.1, 0.15) is 16.0 Å². The normalized spacial score (nSPS) is 14.6. The van der Waals surface area contributed by atoms with Crippen LogP contribution < -0.4 is 0 Å². The Morgan fingerprint density at radius 2 is 2.05 bits per heavy atom. The Labute approximate surface area is 122 Å². The molecule has 4 heteroatoms. The molecule has 0 saturated heterocycles. The van der Waals surface area contributed by atoms with Crippen molar-refractivity contribution in [2.75, 3.05) is 0 Å². The lowest BCUT2D eigenvalue weighted by molar-refractivity contribution is 0.878. The molecule has 0 unspecified atom stereocenters. The largest absolute Gasteiger partial charge is 0.226 e. The van der Waals surface area contributed by atoms with Crippen LogP contribution in [0.5, 0.6) is 0 Å². The molecule has 0 bridgehead atoms. The molecule has 1 aliphatic rings. The van der Waals surface area contributed by atoms with Gasteiger partial charge in [-0.3, -0.25) is 0 Å². The van der Waals surface area contributed by atoms with Crippen LogP contribution in [0.1, 0.15) is 35.7 Å². The van der Waals surface area contributed by atoms with Crippen LogP contribution in [0.15, 0.2) is 35.4 Å². The Kier molecular flexibility index (Phi) is 3.76. The summed E-state index contributed by atoms with van der Waals surface area (Å²) in [6.07, 6.45) is 2.39. The quantitative estimate of drug-likeness (QED) is 0.607. The molecule has 2 nitrogen and oxygen atoms in total. The summed E-state index contributed by atoms with van der Waals surface area (Å²) in [5, 5.41) is 1.54. The topological polar surface area (TPSA) is 25.8 Å². The first-order valence-corrected chi connectivity index (χ1v) is 7.80. The highest BCUT2D eigenvalue weighted by Crippen LogP contribution is 2.39. The summed E-state index contributed by atoms with van der Waals surface area (Å²) in [4.78, 5) is 8.92. The van der Waals surface area contributed by atoms with Crippen LogP contribution >= 0.6 is 23.4 Å². The zero-order chi connectivity index (χ0) is 13.2. The minimum absolute atomic E-state index is 0.538. The van der Waals surface area contributed by atoms with Gasteiger partial charge in [-0.25, -0.2) is 9.97 Å². The molecule has 0 atom stereocenters. The monoisotopic (exact) mass is 290 g/mol. The number of aryl methyl sites for hydroxylation is 1. The van der Waals surface area contributed by atoms with E-state index in [1.165, 1.54) is 24.0 Å². The Morgan fingerprint density at radius 3 is 2.79 bits per heavy atom. The number of thioether (sulfide) groups is 1. The van der Waals surface area contributed by atoms with Crippen molar-refractivity contribution in [3.8, 4) is 0 Å². The third-order valence-electron chi connectivity index (χ3n) is 3.27. The van der Waals surface area contributed by atoms with Crippen molar-refractivity contribution in [2.45, 2.75) is 36.5 Å². The van der Waals surface area contributed by atoms with Gasteiger partial charge in [-0.1, -0.05) is 35.9 Å². The highest BCUT2D eigenvalue weighted by molar-refractivity contribution is 7.98. The number of halogens is 1. The second kappa shape index (κ2) is 5.51. The van der Waals surface area contributed by atoms with Gasteiger partial charge in [0.05, 0.1) is 0 Å². The zero-order valence-electron chi connectivity index (χ0n) is 10.8. The number of hydrogen-bond donors (Lipinski definition) is 0. The summed E-state index contributed by atoms with van der Waals surface area (Å²) < 4.78 is 0. The molecule has 0 radical (unpaired) electrons. The first-order valence-electron chi connectivity index (χ1n) is 6.44. The van der Waals surface area contributed by atoms with E-state index in [0.717, 1.165) is 16.6 Å². The van der Waals surface area contributed by atoms with Crippen molar-refractivity contribution in [1.29, 1.82) is 0 Å². The first kappa shape index (κ1) is 12.9. The van der Waals surface area contributed by atoms with Gasteiger partial charge in [-0.05, 0) is 30.9 Å². The van der Waals surface area contributed by atoms with Crippen LogP contribution in [0.25, 0.3) is 0 Å². The molecule has 1 saturated carbocycles. The summed E-state index contributed by atoms with van der Waals surface area (Å²) in [6.45, 7) is 2.14. The molecule has 1 aliphatic carbocycles. The number of benzene rings is 1. The fourth-order valence-corrected chi connectivity index (χ4v) is 3.17. The van der Waals surface area contributed by atoms with Gasteiger partial charge in [-0.2, -0.15) is 0 Å². The van der Waals surface area contributed by atoms with Crippen molar-refractivity contribution >= 4 is 23.4 Å². The summed E-state index contributed by atoms with van der Waals surface area (Å²) in [5.74, 6) is 2.38. The van der Waals surface area contributed by atoms with Crippen molar-refractivity contribution < 1.29 is 0 Å². The van der Waals surface area contributed by atoms with Crippen molar-refractivity contribution in [3.63, 3.8) is 0 Å². The highest BCUT2D eigenvalue weighted by atomic mass is 35.5. The van der Waals surface area contributed by atoms with Gasteiger partial charge >= 0.3 is 0 Å². The van der Waals surface area contributed by atoms with Gasteiger partial charge in [0.2, 0.25) is 0 Å². The Morgan fingerprint density at radius 1 is 1.26 bits per heavy atom. The van der Waals surface area contributed by atoms with Crippen LogP contribution in [0.3, 0.4) is 0 Å². The molecule has 0 spiro atoms. The van der Waals surface area contributed by atoms with E-state index in [-0.39, 0.29) is 0 Å². The maximum absolute atomic E-state index is 6.07. The molecule has 1 aromatic carbocycles. The minimum atomic E-state index is 0.538. The van der Waals surface area contributed by atoms with Crippen molar-refractivity contribution in [1.82, 2.24) is 9.97 Å². The minimum Gasteiger partial charge on any atom is -0.226 e. The molecule has 1 heterocycles. The Bertz CT molecular complexity index is 596. The van der Waals surface area contributed by atoms with Crippen LogP contribution in [0.4, 0.5) is 0 Å². The SMILES string of the molecule is Cc1ccccc1CSc1cc(Cl)nc(C2CC2)n1. The van der Waals surface area contributed by atoms with Gasteiger partial charge in [0.25, 0.3) is 0 Å². The fourth-order valence-electron chi connectivity index (χ4n) is 1.94. The van der Waals surface area contributed by atoms with Gasteiger partial charge in [-0.15, -0.1) is 11.8 Å². The zero-order valence-corrected chi connectivity index (χ0v) is 12.3. The first-order chi connectivity index (χ1) is 9.22. The van der Waals surface area contributed by atoms with Crippen LogP contribution in [-0.4, -0.2) is 9.97 Å². The van der Waals surface area contributed by atoms with E-state index in [9.17, 15) is 0 Å². The molecule has 1 aromatic heterocycles.